The number of carbonyl (C=O) groups is 2. The van der Waals surface area contributed by atoms with E-state index >= 15 is 0 Å². The zero-order valence-corrected chi connectivity index (χ0v) is 43.3. The van der Waals surface area contributed by atoms with Crippen LogP contribution in [0.4, 0.5) is 0 Å². The molecule has 0 aromatic heterocycles. The molecule has 0 aliphatic carbocycles. The van der Waals surface area contributed by atoms with Gasteiger partial charge in [-0.3, -0.25) is 28.1 Å². The van der Waals surface area contributed by atoms with Crippen LogP contribution in [-0.2, 0) is 42.8 Å². The number of nitrogens with zero attached hydrogens (tertiary/aromatic N) is 1. The van der Waals surface area contributed by atoms with Crippen molar-refractivity contribution in [1.29, 1.82) is 0 Å². The SMILES string of the molecule is CCCCCCCCCCCCN(CCO)CCO.CCCCCCCCCCOC(=O)CC(C(=O)OCCCCCCCCCC)S(=O)(=O)O.CCCCOP(=O)(O)OCCCC. The van der Waals surface area contributed by atoms with Gasteiger partial charge in [-0.2, -0.15) is 8.42 Å². The molecule has 0 saturated carbocycles. The van der Waals surface area contributed by atoms with E-state index in [9.17, 15) is 27.1 Å². The van der Waals surface area contributed by atoms with Gasteiger partial charge >= 0.3 is 19.8 Å². The van der Waals surface area contributed by atoms with Crippen molar-refractivity contribution in [3.05, 3.63) is 0 Å². The number of phosphoric acid groups is 1. The predicted molar refractivity (Wildman–Crippen MR) is 261 cm³/mol. The molecular formula is C48H100NO13PS. The van der Waals surface area contributed by atoms with E-state index in [0.29, 0.717) is 25.9 Å². The lowest BCUT2D eigenvalue weighted by atomic mass is 10.1. The van der Waals surface area contributed by atoms with Crippen molar-refractivity contribution >= 4 is 29.9 Å². The van der Waals surface area contributed by atoms with Gasteiger partial charge in [0, 0.05) is 13.1 Å². The van der Waals surface area contributed by atoms with Crippen LogP contribution < -0.4 is 0 Å². The highest BCUT2D eigenvalue weighted by Gasteiger charge is 2.35. The summed E-state index contributed by atoms with van der Waals surface area (Å²) in [5.41, 5.74) is 0. The first-order chi connectivity index (χ1) is 30.8. The first-order valence-electron chi connectivity index (χ1n) is 25.6. The molecule has 0 aliphatic heterocycles. The predicted octanol–water partition coefficient (Wildman–Crippen LogP) is 11.9. The zero-order valence-electron chi connectivity index (χ0n) is 41.6. The van der Waals surface area contributed by atoms with E-state index < -0.39 is 41.6 Å². The van der Waals surface area contributed by atoms with Crippen molar-refractivity contribution in [1.82, 2.24) is 4.90 Å². The summed E-state index contributed by atoms with van der Waals surface area (Å²) in [4.78, 5) is 35.2. The number of hydrogen-bond donors (Lipinski definition) is 4. The molecule has 4 N–H and O–H groups in total. The molecule has 0 aromatic rings. The summed E-state index contributed by atoms with van der Waals surface area (Å²) in [6, 6.07) is 0. The van der Waals surface area contributed by atoms with Crippen molar-refractivity contribution in [3.63, 3.8) is 0 Å². The molecule has 0 rings (SSSR count). The molecule has 16 heteroatoms. The maximum atomic E-state index is 12.1. The van der Waals surface area contributed by atoms with Crippen molar-refractivity contribution in [2.45, 2.75) is 239 Å². The van der Waals surface area contributed by atoms with E-state index in [-0.39, 0.29) is 39.6 Å². The summed E-state index contributed by atoms with van der Waals surface area (Å²) in [5, 5.41) is 15.9. The molecule has 0 spiro atoms. The highest BCUT2D eigenvalue weighted by Crippen LogP contribution is 2.43. The molecule has 1 unspecified atom stereocenters. The second-order valence-corrected chi connectivity index (χ2v) is 19.9. The van der Waals surface area contributed by atoms with E-state index in [0.717, 1.165) is 70.8 Å². The summed E-state index contributed by atoms with van der Waals surface area (Å²) in [6.07, 6.45) is 33.6. The smallest absolute Gasteiger partial charge is 0.466 e. The number of carbonyl (C=O) groups excluding carboxylic acids is 2. The standard InChI is InChI=1S/C24H46O7S.C16H35NO2.C8H19O4P/c1-3-5-7-9-11-13-15-17-19-30-23(25)21-22(32(27,28)29)24(26)31-20-18-16-14-12-10-8-6-4-2;1-2-3-4-5-6-7-8-9-10-11-12-17(13-15-18)14-16-19;1-3-5-7-11-13(9,10)12-8-6-4-2/h22H,3-21H2,1-2H3,(H,27,28,29);18-19H,2-16H2,1H3;3-8H2,1-2H3,(H,9,10). The van der Waals surface area contributed by atoms with Crippen LogP contribution in [0.5, 0.6) is 0 Å². The largest absolute Gasteiger partial charge is 0.472 e. The molecule has 1 atom stereocenters. The van der Waals surface area contributed by atoms with Crippen LogP contribution in [0, 0.1) is 0 Å². The second kappa shape index (κ2) is 51.2. The summed E-state index contributed by atoms with van der Waals surface area (Å²) < 4.78 is 62.9. The zero-order chi connectivity index (χ0) is 48.4. The minimum atomic E-state index is -4.75. The van der Waals surface area contributed by atoms with E-state index in [1.165, 1.54) is 116 Å². The molecule has 0 amide bonds. The number of aliphatic hydroxyl groups excluding tert-OH is 2. The molecule has 0 saturated heterocycles. The molecule has 0 radical (unpaired) electrons. The van der Waals surface area contributed by atoms with Crippen molar-refractivity contribution in [2.24, 2.45) is 0 Å². The first-order valence-corrected chi connectivity index (χ1v) is 28.6. The van der Waals surface area contributed by atoms with Gasteiger partial charge in [-0.05, 0) is 38.6 Å². The maximum absolute atomic E-state index is 12.1. The van der Waals surface area contributed by atoms with Gasteiger partial charge in [0.25, 0.3) is 10.1 Å². The Hall–Kier alpha value is -1.16. The molecule has 0 aromatic carbocycles. The Morgan fingerprint density at radius 2 is 0.812 bits per heavy atom. The van der Waals surface area contributed by atoms with Crippen LogP contribution >= 0.6 is 7.82 Å². The molecule has 0 aliphatic rings. The van der Waals surface area contributed by atoms with Crippen LogP contribution in [0.1, 0.15) is 234 Å². The van der Waals surface area contributed by atoms with E-state index in [1.54, 1.807) is 0 Å². The van der Waals surface area contributed by atoms with Crippen LogP contribution in [-0.4, -0.2) is 109 Å². The van der Waals surface area contributed by atoms with Gasteiger partial charge in [-0.1, -0.05) is 195 Å². The third-order valence-corrected chi connectivity index (χ3v) is 12.7. The van der Waals surface area contributed by atoms with Gasteiger partial charge in [-0.15, -0.1) is 0 Å². The Balaban J connectivity index is -0.000000978. The van der Waals surface area contributed by atoms with Gasteiger partial charge in [-0.25, -0.2) is 4.57 Å². The molecule has 64 heavy (non-hydrogen) atoms. The van der Waals surface area contributed by atoms with Gasteiger partial charge in [0.2, 0.25) is 0 Å². The second-order valence-electron chi connectivity index (χ2n) is 16.9. The molecular weight excluding hydrogens is 862 g/mol. The Morgan fingerprint density at radius 1 is 0.484 bits per heavy atom. The van der Waals surface area contributed by atoms with Gasteiger partial charge in [0.05, 0.1) is 46.1 Å². The third kappa shape index (κ3) is 51.8. The molecule has 0 heterocycles. The Morgan fingerprint density at radius 3 is 1.16 bits per heavy atom. The lowest BCUT2D eigenvalue weighted by molar-refractivity contribution is -0.150. The number of hydrogen-bond acceptors (Lipinski definition) is 12. The lowest BCUT2D eigenvalue weighted by Gasteiger charge is -2.19. The van der Waals surface area contributed by atoms with Gasteiger partial charge in [0.1, 0.15) is 0 Å². The van der Waals surface area contributed by atoms with E-state index in [4.69, 9.17) is 33.6 Å². The average molecular weight is 962 g/mol. The number of aliphatic hydroxyl groups is 2. The Bertz CT molecular complexity index is 1130. The fourth-order valence-electron chi connectivity index (χ4n) is 6.57. The van der Waals surface area contributed by atoms with E-state index in [2.05, 4.69) is 25.7 Å². The monoisotopic (exact) mass is 962 g/mol. The average Bonchev–Trinajstić information content (AvgIpc) is 3.25. The first kappa shape index (κ1) is 67.1. The minimum absolute atomic E-state index is 0.0765. The van der Waals surface area contributed by atoms with Crippen LogP contribution in [0.3, 0.4) is 0 Å². The molecule has 0 bridgehead atoms. The van der Waals surface area contributed by atoms with Crippen molar-refractivity contribution in [3.8, 4) is 0 Å². The van der Waals surface area contributed by atoms with E-state index in [1.807, 2.05) is 13.8 Å². The summed E-state index contributed by atoms with van der Waals surface area (Å²) >= 11 is 0. The van der Waals surface area contributed by atoms with Crippen LogP contribution in [0.2, 0.25) is 0 Å². The van der Waals surface area contributed by atoms with Crippen molar-refractivity contribution < 1.29 is 60.8 Å². The number of unbranched alkanes of at least 4 members (excludes halogenated alkanes) is 25. The van der Waals surface area contributed by atoms with Crippen molar-refractivity contribution in [2.75, 3.05) is 59.3 Å². The molecule has 386 valence electrons. The highest BCUT2D eigenvalue weighted by molar-refractivity contribution is 7.87. The summed E-state index contributed by atoms with van der Waals surface area (Å²) in [6.45, 7) is 14.2. The third-order valence-electron chi connectivity index (χ3n) is 10.6. The number of rotatable bonds is 45. The molecule has 14 nitrogen and oxygen atoms in total. The fraction of sp³-hybridized carbons (Fsp3) is 0.958. The van der Waals surface area contributed by atoms with Crippen LogP contribution in [0.25, 0.3) is 0 Å². The quantitative estimate of drug-likeness (QED) is 0.0194. The van der Waals surface area contributed by atoms with Gasteiger partial charge in [0.15, 0.2) is 5.25 Å². The topological polar surface area (TPSA) is 206 Å². The maximum Gasteiger partial charge on any atom is 0.472 e. The number of esters is 2. The molecule has 0 fully saturated rings. The Labute approximate surface area is 392 Å². The summed E-state index contributed by atoms with van der Waals surface area (Å²) in [7, 11) is -8.50. The van der Waals surface area contributed by atoms with Crippen LogP contribution in [0.15, 0.2) is 0 Å². The Kier molecular flexibility index (Phi) is 53.7. The fourth-order valence-corrected chi connectivity index (χ4v) is 8.02. The highest BCUT2D eigenvalue weighted by atomic mass is 32.2. The van der Waals surface area contributed by atoms with Gasteiger partial charge < -0.3 is 24.6 Å². The lowest BCUT2D eigenvalue weighted by Crippen LogP contribution is -2.34. The summed E-state index contributed by atoms with van der Waals surface area (Å²) in [5.74, 6) is -1.92. The number of phosphoric ester groups is 1. The number of ether oxygens (including phenoxy) is 2. The normalized spacial score (nSPS) is 12.0. The minimum Gasteiger partial charge on any atom is -0.466 e.